The number of nitrogens with one attached hydrogen (secondary N) is 1. The number of halogens is 1. The Morgan fingerprint density at radius 3 is 2.53 bits per heavy atom. The number of methoxy groups -OCH3 is 1. The molecular formula is C30H27BrN2O2S. The van der Waals surface area contributed by atoms with Crippen molar-refractivity contribution in [1.82, 2.24) is 4.98 Å². The fraction of sp³-hybridized carbons (Fsp3) is 0.167. The molecule has 1 heterocycles. The Morgan fingerprint density at radius 2 is 1.75 bits per heavy atom. The number of benzene rings is 4. The van der Waals surface area contributed by atoms with Crippen LogP contribution in [0.2, 0.25) is 0 Å². The van der Waals surface area contributed by atoms with E-state index in [0.29, 0.717) is 18.9 Å². The number of ether oxygens (including phenoxy) is 2. The normalized spacial score (nSPS) is 11.0. The highest BCUT2D eigenvalue weighted by atomic mass is 79.9. The number of aryl methyl sites for hydroxylation is 2. The maximum absolute atomic E-state index is 6.31. The third-order valence-electron chi connectivity index (χ3n) is 6.17. The molecule has 0 aliphatic rings. The van der Waals surface area contributed by atoms with E-state index in [1.54, 1.807) is 18.4 Å². The molecule has 36 heavy (non-hydrogen) atoms. The Labute approximate surface area is 224 Å². The van der Waals surface area contributed by atoms with Gasteiger partial charge in [0.2, 0.25) is 0 Å². The van der Waals surface area contributed by atoms with Gasteiger partial charge in [-0.3, -0.25) is 0 Å². The lowest BCUT2D eigenvalue weighted by atomic mass is 10.1. The van der Waals surface area contributed by atoms with Crippen molar-refractivity contribution in [2.24, 2.45) is 0 Å². The predicted octanol–water partition coefficient (Wildman–Crippen LogP) is 8.54. The van der Waals surface area contributed by atoms with Crippen LogP contribution in [0.4, 0.5) is 5.69 Å². The molecule has 1 aromatic heterocycles. The Kier molecular flexibility index (Phi) is 7.25. The average Bonchev–Trinajstić information content (AvgIpc) is 3.31. The zero-order valence-corrected chi connectivity index (χ0v) is 22.9. The van der Waals surface area contributed by atoms with Gasteiger partial charge < -0.3 is 14.8 Å². The van der Waals surface area contributed by atoms with E-state index in [-0.39, 0.29) is 0 Å². The third kappa shape index (κ3) is 5.25. The van der Waals surface area contributed by atoms with Gasteiger partial charge in [0.1, 0.15) is 11.6 Å². The molecule has 182 valence electrons. The Morgan fingerprint density at radius 1 is 0.944 bits per heavy atom. The molecule has 0 saturated carbocycles. The minimum Gasteiger partial charge on any atom is -0.493 e. The summed E-state index contributed by atoms with van der Waals surface area (Å²) in [7, 11) is 1.67. The molecule has 5 aromatic rings. The molecule has 0 fully saturated rings. The molecule has 0 radical (unpaired) electrons. The standard InChI is InChI=1S/C30H27BrN2O2S/c1-19-8-14-26-28(16-19)36-30(33-26)21-9-11-23(12-10-21)32-17-24-25(31)13-15-27(34-3)29(24)35-18-22-7-5-4-6-20(22)2/h4-16,32H,17-18H2,1-3H3. The van der Waals surface area contributed by atoms with Crippen molar-refractivity contribution in [3.05, 3.63) is 106 Å². The first kappa shape index (κ1) is 24.3. The van der Waals surface area contributed by atoms with Crippen molar-refractivity contribution in [3.8, 4) is 22.1 Å². The van der Waals surface area contributed by atoms with Gasteiger partial charge in [0.25, 0.3) is 0 Å². The van der Waals surface area contributed by atoms with Crippen molar-refractivity contribution in [3.63, 3.8) is 0 Å². The summed E-state index contributed by atoms with van der Waals surface area (Å²) >= 11 is 5.43. The second-order valence-electron chi connectivity index (χ2n) is 8.69. The number of rotatable bonds is 8. The smallest absolute Gasteiger partial charge is 0.167 e. The minimum absolute atomic E-state index is 0.475. The molecular weight excluding hydrogens is 532 g/mol. The summed E-state index contributed by atoms with van der Waals surface area (Å²) < 4.78 is 14.1. The van der Waals surface area contributed by atoms with Gasteiger partial charge in [-0.15, -0.1) is 11.3 Å². The van der Waals surface area contributed by atoms with Gasteiger partial charge in [-0.25, -0.2) is 4.98 Å². The molecule has 0 atom stereocenters. The van der Waals surface area contributed by atoms with E-state index in [1.165, 1.54) is 15.8 Å². The molecule has 0 spiro atoms. The van der Waals surface area contributed by atoms with Gasteiger partial charge in [0.15, 0.2) is 11.5 Å². The lowest BCUT2D eigenvalue weighted by molar-refractivity contribution is 0.281. The van der Waals surface area contributed by atoms with Crippen molar-refractivity contribution in [2.45, 2.75) is 27.0 Å². The van der Waals surface area contributed by atoms with E-state index in [1.807, 2.05) is 24.3 Å². The van der Waals surface area contributed by atoms with E-state index in [2.05, 4.69) is 89.7 Å². The minimum atomic E-state index is 0.475. The van der Waals surface area contributed by atoms with Gasteiger partial charge in [0, 0.05) is 27.8 Å². The predicted molar refractivity (Wildman–Crippen MR) is 153 cm³/mol. The molecule has 0 bridgehead atoms. The van der Waals surface area contributed by atoms with Crippen LogP contribution in [0.1, 0.15) is 22.3 Å². The van der Waals surface area contributed by atoms with Gasteiger partial charge in [0.05, 0.1) is 17.3 Å². The highest BCUT2D eigenvalue weighted by Gasteiger charge is 2.16. The lowest BCUT2D eigenvalue weighted by Gasteiger charge is -2.18. The fourth-order valence-corrected chi connectivity index (χ4v) is 5.59. The zero-order valence-electron chi connectivity index (χ0n) is 20.5. The molecule has 0 aliphatic heterocycles. The van der Waals surface area contributed by atoms with Crippen LogP contribution in [0.25, 0.3) is 20.8 Å². The van der Waals surface area contributed by atoms with Gasteiger partial charge in [-0.1, -0.05) is 46.3 Å². The molecule has 4 nitrogen and oxygen atoms in total. The summed E-state index contributed by atoms with van der Waals surface area (Å²) in [5.41, 5.74) is 7.80. The number of anilines is 1. The van der Waals surface area contributed by atoms with Gasteiger partial charge >= 0.3 is 0 Å². The van der Waals surface area contributed by atoms with E-state index < -0.39 is 0 Å². The van der Waals surface area contributed by atoms with Crippen molar-refractivity contribution < 1.29 is 9.47 Å². The molecule has 5 rings (SSSR count). The number of thiazole rings is 1. The van der Waals surface area contributed by atoms with E-state index in [0.717, 1.165) is 43.1 Å². The maximum Gasteiger partial charge on any atom is 0.167 e. The molecule has 1 N–H and O–H groups in total. The average molecular weight is 560 g/mol. The maximum atomic E-state index is 6.31. The van der Waals surface area contributed by atoms with Crippen molar-refractivity contribution >= 4 is 43.2 Å². The summed E-state index contributed by atoms with van der Waals surface area (Å²) in [4.78, 5) is 4.80. The Hall–Kier alpha value is -3.35. The first-order chi connectivity index (χ1) is 17.5. The fourth-order valence-electron chi connectivity index (χ4n) is 4.06. The molecule has 6 heteroatoms. The lowest BCUT2D eigenvalue weighted by Crippen LogP contribution is -2.06. The first-order valence-electron chi connectivity index (χ1n) is 11.8. The zero-order chi connectivity index (χ0) is 25.1. The summed E-state index contributed by atoms with van der Waals surface area (Å²) in [6, 6.07) is 27.0. The van der Waals surface area contributed by atoms with Crippen molar-refractivity contribution in [1.29, 1.82) is 0 Å². The monoisotopic (exact) mass is 558 g/mol. The van der Waals surface area contributed by atoms with Crippen LogP contribution >= 0.6 is 27.3 Å². The second-order valence-corrected chi connectivity index (χ2v) is 10.6. The van der Waals surface area contributed by atoms with Crippen LogP contribution < -0.4 is 14.8 Å². The number of nitrogens with zero attached hydrogens (tertiary/aromatic N) is 1. The molecule has 0 unspecified atom stereocenters. The summed E-state index contributed by atoms with van der Waals surface area (Å²) in [5, 5.41) is 4.57. The summed E-state index contributed by atoms with van der Waals surface area (Å²) in [6.07, 6.45) is 0. The van der Waals surface area contributed by atoms with Crippen molar-refractivity contribution in [2.75, 3.05) is 12.4 Å². The van der Waals surface area contributed by atoms with E-state index in [9.17, 15) is 0 Å². The third-order valence-corrected chi connectivity index (χ3v) is 7.98. The van der Waals surface area contributed by atoms with Crippen LogP contribution in [0.5, 0.6) is 11.5 Å². The molecule has 0 amide bonds. The highest BCUT2D eigenvalue weighted by Crippen LogP contribution is 2.38. The Balaban J connectivity index is 1.33. The molecule has 0 aliphatic carbocycles. The van der Waals surface area contributed by atoms with Crippen LogP contribution in [0.3, 0.4) is 0 Å². The van der Waals surface area contributed by atoms with E-state index >= 15 is 0 Å². The SMILES string of the molecule is COc1ccc(Br)c(CNc2ccc(-c3nc4ccc(C)cc4s3)cc2)c1OCc1ccccc1C. The topological polar surface area (TPSA) is 43.4 Å². The van der Waals surface area contributed by atoms with Crippen LogP contribution in [-0.2, 0) is 13.2 Å². The molecule has 4 aromatic carbocycles. The second kappa shape index (κ2) is 10.7. The number of aromatic nitrogens is 1. The van der Waals surface area contributed by atoms with Gasteiger partial charge in [-0.05, 0) is 79.1 Å². The Bertz CT molecular complexity index is 1510. The summed E-state index contributed by atoms with van der Waals surface area (Å²) in [6.45, 7) is 5.26. The van der Waals surface area contributed by atoms with Crippen LogP contribution in [-0.4, -0.2) is 12.1 Å². The van der Waals surface area contributed by atoms with E-state index in [4.69, 9.17) is 14.5 Å². The van der Waals surface area contributed by atoms with Crippen LogP contribution in [0, 0.1) is 13.8 Å². The first-order valence-corrected chi connectivity index (χ1v) is 13.4. The summed E-state index contributed by atoms with van der Waals surface area (Å²) in [5.74, 6) is 1.45. The number of hydrogen-bond acceptors (Lipinski definition) is 5. The largest absolute Gasteiger partial charge is 0.493 e. The number of hydrogen-bond donors (Lipinski definition) is 1. The quantitative estimate of drug-likeness (QED) is 0.207. The van der Waals surface area contributed by atoms with Crippen LogP contribution in [0.15, 0.2) is 83.3 Å². The number of fused-ring (bicyclic) bond motifs is 1. The highest BCUT2D eigenvalue weighted by molar-refractivity contribution is 9.10. The molecule has 0 saturated heterocycles. The van der Waals surface area contributed by atoms with Gasteiger partial charge in [-0.2, -0.15) is 0 Å².